The standard InChI is InChI=1S/C15H20F4N2O.ClH/c16-13-10-11(15(17,18)19)3-4-12(13)14(2-1-9-22)21-7-5-20-6-8-21;/h3-4,10,14,20,22H,1-2,5-9H2;1H/t14-;/m0./s1. The van der Waals surface area contributed by atoms with Crippen LogP contribution >= 0.6 is 12.4 Å². The smallest absolute Gasteiger partial charge is 0.396 e. The molecule has 23 heavy (non-hydrogen) atoms. The first kappa shape index (κ1) is 20.2. The van der Waals surface area contributed by atoms with Gasteiger partial charge in [-0.1, -0.05) is 6.07 Å². The molecule has 1 aromatic carbocycles. The number of rotatable bonds is 5. The van der Waals surface area contributed by atoms with Gasteiger partial charge in [0.15, 0.2) is 0 Å². The molecule has 1 aliphatic heterocycles. The molecule has 0 aliphatic carbocycles. The zero-order chi connectivity index (χ0) is 16.2. The Morgan fingerprint density at radius 2 is 1.87 bits per heavy atom. The number of benzene rings is 1. The Hall–Kier alpha value is -0.890. The largest absolute Gasteiger partial charge is 0.416 e. The van der Waals surface area contributed by atoms with Crippen LogP contribution in [0.5, 0.6) is 0 Å². The van der Waals surface area contributed by atoms with E-state index in [1.165, 1.54) is 6.07 Å². The number of halogens is 5. The molecule has 0 unspecified atom stereocenters. The molecule has 1 aromatic rings. The van der Waals surface area contributed by atoms with Crippen LogP contribution in [0.15, 0.2) is 18.2 Å². The van der Waals surface area contributed by atoms with E-state index in [9.17, 15) is 17.6 Å². The van der Waals surface area contributed by atoms with Crippen LogP contribution in [0.2, 0.25) is 0 Å². The highest BCUT2D eigenvalue weighted by atomic mass is 35.5. The lowest BCUT2D eigenvalue weighted by Gasteiger charge is -2.35. The van der Waals surface area contributed by atoms with Crippen LogP contribution in [0.3, 0.4) is 0 Å². The number of hydrogen-bond donors (Lipinski definition) is 2. The summed E-state index contributed by atoms with van der Waals surface area (Å²) < 4.78 is 52.1. The fourth-order valence-electron chi connectivity index (χ4n) is 2.79. The lowest BCUT2D eigenvalue weighted by molar-refractivity contribution is -0.137. The van der Waals surface area contributed by atoms with E-state index in [4.69, 9.17) is 5.11 Å². The van der Waals surface area contributed by atoms with Crippen LogP contribution in [0.4, 0.5) is 17.6 Å². The molecule has 1 atom stereocenters. The van der Waals surface area contributed by atoms with E-state index in [0.29, 0.717) is 32.0 Å². The van der Waals surface area contributed by atoms with Crippen molar-refractivity contribution >= 4 is 12.4 Å². The van der Waals surface area contributed by atoms with Crippen LogP contribution in [-0.4, -0.2) is 42.8 Å². The van der Waals surface area contributed by atoms with E-state index < -0.39 is 17.6 Å². The molecule has 2 rings (SSSR count). The zero-order valence-corrected chi connectivity index (χ0v) is 13.4. The van der Waals surface area contributed by atoms with Crippen molar-refractivity contribution in [3.8, 4) is 0 Å². The second-order valence-corrected chi connectivity index (χ2v) is 5.40. The van der Waals surface area contributed by atoms with Crippen molar-refractivity contribution in [2.45, 2.75) is 25.1 Å². The summed E-state index contributed by atoms with van der Waals surface area (Å²) in [6, 6.07) is 2.40. The molecule has 0 amide bonds. The first-order valence-corrected chi connectivity index (χ1v) is 7.35. The summed E-state index contributed by atoms with van der Waals surface area (Å²) in [6.45, 7) is 2.91. The van der Waals surface area contributed by atoms with Crippen LogP contribution in [0.1, 0.15) is 30.0 Å². The molecule has 3 nitrogen and oxygen atoms in total. The van der Waals surface area contributed by atoms with E-state index >= 15 is 0 Å². The second kappa shape index (κ2) is 8.82. The van der Waals surface area contributed by atoms with Crippen LogP contribution in [0, 0.1) is 5.82 Å². The van der Waals surface area contributed by atoms with Gasteiger partial charge in [0.05, 0.1) is 5.56 Å². The number of alkyl halides is 3. The average molecular weight is 357 g/mol. The topological polar surface area (TPSA) is 35.5 Å². The van der Waals surface area contributed by atoms with Gasteiger partial charge < -0.3 is 10.4 Å². The molecule has 0 saturated carbocycles. The monoisotopic (exact) mass is 356 g/mol. The Morgan fingerprint density at radius 3 is 2.39 bits per heavy atom. The van der Waals surface area contributed by atoms with E-state index in [1.54, 1.807) is 0 Å². The molecule has 0 bridgehead atoms. The Labute approximate surface area is 139 Å². The summed E-state index contributed by atoms with van der Waals surface area (Å²) in [5.41, 5.74) is -0.710. The van der Waals surface area contributed by atoms with Crippen LogP contribution in [-0.2, 0) is 6.18 Å². The molecule has 0 spiro atoms. The van der Waals surface area contributed by atoms with Gasteiger partial charge in [0, 0.05) is 44.4 Å². The maximum atomic E-state index is 14.2. The number of piperazine rings is 1. The van der Waals surface area contributed by atoms with Gasteiger partial charge in [-0.3, -0.25) is 4.90 Å². The summed E-state index contributed by atoms with van der Waals surface area (Å²) in [7, 11) is 0. The molecule has 8 heteroatoms. The molecule has 1 heterocycles. The van der Waals surface area contributed by atoms with Crippen molar-refractivity contribution in [2.75, 3.05) is 32.8 Å². The number of hydrogen-bond acceptors (Lipinski definition) is 3. The van der Waals surface area contributed by atoms with Crippen molar-refractivity contribution < 1.29 is 22.7 Å². The molecule has 1 aliphatic rings. The lowest BCUT2D eigenvalue weighted by Crippen LogP contribution is -2.45. The van der Waals surface area contributed by atoms with Crippen molar-refractivity contribution in [3.05, 3.63) is 35.1 Å². The predicted molar refractivity (Wildman–Crippen MR) is 82.2 cm³/mol. The second-order valence-electron chi connectivity index (χ2n) is 5.40. The van der Waals surface area contributed by atoms with Crippen molar-refractivity contribution in [1.82, 2.24) is 10.2 Å². The van der Waals surface area contributed by atoms with E-state index in [-0.39, 0.29) is 30.6 Å². The van der Waals surface area contributed by atoms with Gasteiger partial charge in [0.25, 0.3) is 0 Å². The third-order valence-corrected chi connectivity index (χ3v) is 3.91. The SMILES string of the molecule is Cl.OCCC[C@@H](c1ccc(C(F)(F)F)cc1F)N1CCNCC1. The molecule has 1 fully saturated rings. The minimum Gasteiger partial charge on any atom is -0.396 e. The summed E-state index contributed by atoms with van der Waals surface area (Å²) in [4.78, 5) is 2.05. The zero-order valence-electron chi connectivity index (χ0n) is 12.6. The van der Waals surface area contributed by atoms with E-state index in [0.717, 1.165) is 19.2 Å². The quantitative estimate of drug-likeness (QED) is 0.796. The van der Waals surface area contributed by atoms with Gasteiger partial charge in [-0.15, -0.1) is 12.4 Å². The first-order chi connectivity index (χ1) is 10.4. The van der Waals surface area contributed by atoms with Gasteiger partial charge in [-0.05, 0) is 25.0 Å². The Morgan fingerprint density at radius 1 is 1.22 bits per heavy atom. The Kier molecular flexibility index (Phi) is 7.73. The molecule has 2 N–H and O–H groups in total. The Bertz CT molecular complexity index is 493. The van der Waals surface area contributed by atoms with Crippen molar-refractivity contribution in [3.63, 3.8) is 0 Å². The van der Waals surface area contributed by atoms with Crippen molar-refractivity contribution in [2.24, 2.45) is 0 Å². The normalized spacial score (nSPS) is 17.6. The number of aliphatic hydroxyl groups excluding tert-OH is 1. The van der Waals surface area contributed by atoms with Gasteiger partial charge in [-0.2, -0.15) is 13.2 Å². The molecular weight excluding hydrogens is 336 g/mol. The summed E-state index contributed by atoms with van der Waals surface area (Å²) in [5, 5.41) is 12.2. The van der Waals surface area contributed by atoms with Crippen molar-refractivity contribution in [1.29, 1.82) is 0 Å². The van der Waals surface area contributed by atoms with Gasteiger partial charge in [0.2, 0.25) is 0 Å². The van der Waals surface area contributed by atoms with E-state index in [1.807, 2.05) is 0 Å². The number of aliphatic hydroxyl groups is 1. The fraction of sp³-hybridized carbons (Fsp3) is 0.600. The maximum Gasteiger partial charge on any atom is 0.416 e. The van der Waals surface area contributed by atoms with Gasteiger partial charge in [0.1, 0.15) is 5.82 Å². The number of nitrogens with zero attached hydrogens (tertiary/aromatic N) is 1. The van der Waals surface area contributed by atoms with Crippen LogP contribution in [0.25, 0.3) is 0 Å². The predicted octanol–water partition coefficient (Wildman–Crippen LogP) is 2.99. The molecule has 1 saturated heterocycles. The van der Waals surface area contributed by atoms with Crippen LogP contribution < -0.4 is 5.32 Å². The van der Waals surface area contributed by atoms with Gasteiger partial charge >= 0.3 is 6.18 Å². The minimum atomic E-state index is -4.55. The summed E-state index contributed by atoms with van der Waals surface area (Å²) in [6.07, 6.45) is -3.55. The number of nitrogens with one attached hydrogen (secondary N) is 1. The third kappa shape index (κ3) is 5.31. The third-order valence-electron chi connectivity index (χ3n) is 3.91. The molecular formula is C15H21ClF4N2O. The highest BCUT2D eigenvalue weighted by Gasteiger charge is 2.32. The fourth-order valence-corrected chi connectivity index (χ4v) is 2.79. The Balaban J connectivity index is 0.00000264. The maximum absolute atomic E-state index is 14.2. The highest BCUT2D eigenvalue weighted by molar-refractivity contribution is 5.85. The molecule has 0 radical (unpaired) electrons. The minimum absolute atomic E-state index is 0. The highest BCUT2D eigenvalue weighted by Crippen LogP contribution is 2.34. The first-order valence-electron chi connectivity index (χ1n) is 7.35. The van der Waals surface area contributed by atoms with Gasteiger partial charge in [-0.25, -0.2) is 4.39 Å². The van der Waals surface area contributed by atoms with E-state index in [2.05, 4.69) is 10.2 Å². The summed E-state index contributed by atoms with van der Waals surface area (Å²) in [5.74, 6) is -0.837. The molecule has 132 valence electrons. The summed E-state index contributed by atoms with van der Waals surface area (Å²) >= 11 is 0. The lowest BCUT2D eigenvalue weighted by atomic mass is 9.97. The average Bonchev–Trinajstić information content (AvgIpc) is 2.49. The molecule has 0 aromatic heterocycles.